The highest BCUT2D eigenvalue weighted by molar-refractivity contribution is 7.90. The lowest BCUT2D eigenvalue weighted by atomic mass is 10.1. The molecule has 0 bridgehead atoms. The van der Waals surface area contributed by atoms with E-state index in [1.165, 1.54) is 20.2 Å². The van der Waals surface area contributed by atoms with E-state index in [4.69, 9.17) is 9.88 Å². The molecule has 1 fully saturated rings. The molecule has 146 valence electrons. The number of benzene rings is 1. The quantitative estimate of drug-likeness (QED) is 0.725. The predicted molar refractivity (Wildman–Crippen MR) is 102 cm³/mol. The molecule has 1 unspecified atom stereocenters. The molecule has 1 aliphatic rings. The Hall–Kier alpha value is -1.84. The number of aryl methyl sites for hydroxylation is 1. The van der Waals surface area contributed by atoms with Crippen molar-refractivity contribution in [2.45, 2.75) is 32.7 Å². The van der Waals surface area contributed by atoms with Gasteiger partial charge in [-0.05, 0) is 50.6 Å². The zero-order valence-corrected chi connectivity index (χ0v) is 16.6. The molecule has 1 atom stereocenters. The fourth-order valence-corrected chi connectivity index (χ4v) is 3.81. The maximum absolute atomic E-state index is 12.7. The average Bonchev–Trinajstić information content (AvgIpc) is 3.05. The van der Waals surface area contributed by atoms with E-state index in [0.717, 1.165) is 30.2 Å². The molecule has 0 saturated carbocycles. The first-order chi connectivity index (χ1) is 12.2. The van der Waals surface area contributed by atoms with Gasteiger partial charge in [0.1, 0.15) is 5.75 Å². The van der Waals surface area contributed by atoms with Crippen LogP contribution in [-0.2, 0) is 10.2 Å². The van der Waals surface area contributed by atoms with Gasteiger partial charge in [-0.1, -0.05) is 6.92 Å². The van der Waals surface area contributed by atoms with Crippen LogP contribution in [0.4, 0.5) is 5.69 Å². The Balaban J connectivity index is 2.24. The Morgan fingerprint density at radius 3 is 2.73 bits per heavy atom. The number of nitrogens with two attached hydrogens (primary N) is 1. The molecule has 3 N–H and O–H groups in total. The maximum Gasteiger partial charge on any atom is 0.298 e. The Kier molecular flexibility index (Phi) is 6.48. The number of methoxy groups -OCH3 is 1. The van der Waals surface area contributed by atoms with Gasteiger partial charge in [-0.3, -0.25) is 14.0 Å². The minimum Gasteiger partial charge on any atom is -0.496 e. The van der Waals surface area contributed by atoms with Crippen LogP contribution < -0.4 is 19.5 Å². The van der Waals surface area contributed by atoms with Crippen LogP contribution in [0.15, 0.2) is 12.1 Å². The summed E-state index contributed by atoms with van der Waals surface area (Å²) in [6.07, 6.45) is 2.18. The lowest BCUT2D eigenvalue weighted by Gasteiger charge is -2.24. The topological polar surface area (TPSA) is 105 Å². The molecule has 1 heterocycles. The van der Waals surface area contributed by atoms with Gasteiger partial charge in [0.15, 0.2) is 0 Å². The summed E-state index contributed by atoms with van der Waals surface area (Å²) in [5, 5.41) is 8.15. The number of hydrogen-bond acceptors (Lipinski definition) is 5. The van der Waals surface area contributed by atoms with E-state index in [1.807, 2.05) is 0 Å². The molecular weight excluding hydrogens is 356 g/mol. The van der Waals surface area contributed by atoms with Crippen molar-refractivity contribution >= 4 is 21.8 Å². The highest BCUT2D eigenvalue weighted by Crippen LogP contribution is 2.29. The van der Waals surface area contributed by atoms with Gasteiger partial charge < -0.3 is 10.1 Å². The number of likely N-dealkylation sites (N-methyl/N-ethyl adjacent to an activating group) is 1. The molecule has 8 nitrogen and oxygen atoms in total. The standard InChI is InChI=1S/C17H28N4O4S/c1-5-21-8-6-7-13(21)11-19-17(22)14-10-15(20(3)26(18,23)24)12(2)9-16(14)25-4/h9-10,13H,5-8,11H2,1-4H3,(H,19,22)(H2,18,23,24). The second-order valence-corrected chi connectivity index (χ2v) is 8.06. The molecule has 1 aromatic carbocycles. The third-order valence-electron chi connectivity index (χ3n) is 4.89. The van der Waals surface area contributed by atoms with Gasteiger partial charge in [-0.25, -0.2) is 5.14 Å². The lowest BCUT2D eigenvalue weighted by Crippen LogP contribution is -2.40. The number of nitrogens with one attached hydrogen (secondary N) is 1. The molecule has 1 aliphatic heterocycles. The first kappa shape index (κ1) is 20.5. The van der Waals surface area contributed by atoms with E-state index in [1.54, 1.807) is 13.0 Å². The summed E-state index contributed by atoms with van der Waals surface area (Å²) < 4.78 is 29.6. The fraction of sp³-hybridized carbons (Fsp3) is 0.588. The number of amides is 1. The number of carbonyl (C=O) groups excluding carboxylic acids is 1. The SMILES string of the molecule is CCN1CCCC1CNC(=O)c1cc(N(C)S(N)(=O)=O)c(C)cc1OC. The van der Waals surface area contributed by atoms with Crippen LogP contribution >= 0.6 is 0 Å². The van der Waals surface area contributed by atoms with Crippen LogP contribution in [0.1, 0.15) is 35.7 Å². The van der Waals surface area contributed by atoms with Gasteiger partial charge in [-0.15, -0.1) is 0 Å². The van der Waals surface area contributed by atoms with E-state index in [2.05, 4.69) is 17.1 Å². The van der Waals surface area contributed by atoms with Crippen molar-refractivity contribution in [3.8, 4) is 5.75 Å². The summed E-state index contributed by atoms with van der Waals surface area (Å²) in [4.78, 5) is 15.0. The van der Waals surface area contributed by atoms with Crippen molar-refractivity contribution in [1.29, 1.82) is 0 Å². The van der Waals surface area contributed by atoms with Gasteiger partial charge in [-0.2, -0.15) is 8.42 Å². The molecular formula is C17H28N4O4S. The summed E-state index contributed by atoms with van der Waals surface area (Å²) in [7, 11) is -1.10. The maximum atomic E-state index is 12.7. The van der Waals surface area contributed by atoms with Crippen molar-refractivity contribution in [2.75, 3.05) is 38.1 Å². The van der Waals surface area contributed by atoms with Gasteiger partial charge in [0.05, 0.1) is 18.4 Å². The van der Waals surface area contributed by atoms with Crippen LogP contribution in [0, 0.1) is 6.92 Å². The lowest BCUT2D eigenvalue weighted by molar-refractivity contribution is 0.0938. The minimum atomic E-state index is -3.92. The second kappa shape index (κ2) is 8.24. The van der Waals surface area contributed by atoms with Crippen molar-refractivity contribution in [3.63, 3.8) is 0 Å². The number of nitrogens with zero attached hydrogens (tertiary/aromatic N) is 2. The van der Waals surface area contributed by atoms with E-state index in [-0.39, 0.29) is 11.5 Å². The largest absolute Gasteiger partial charge is 0.496 e. The molecule has 0 aliphatic carbocycles. The van der Waals surface area contributed by atoms with E-state index in [9.17, 15) is 13.2 Å². The van der Waals surface area contributed by atoms with Gasteiger partial charge >= 0.3 is 0 Å². The van der Waals surface area contributed by atoms with Crippen LogP contribution in [0.5, 0.6) is 5.75 Å². The van der Waals surface area contributed by atoms with Crippen LogP contribution in [0.3, 0.4) is 0 Å². The monoisotopic (exact) mass is 384 g/mol. The Labute approximate surface area is 155 Å². The summed E-state index contributed by atoms with van der Waals surface area (Å²) in [5.41, 5.74) is 1.27. The smallest absolute Gasteiger partial charge is 0.298 e. The van der Waals surface area contributed by atoms with Gasteiger partial charge in [0.25, 0.3) is 16.1 Å². The molecule has 1 aromatic rings. The number of rotatable bonds is 7. The highest BCUT2D eigenvalue weighted by Gasteiger charge is 2.25. The van der Waals surface area contributed by atoms with E-state index in [0.29, 0.717) is 29.6 Å². The summed E-state index contributed by atoms with van der Waals surface area (Å²) in [6.45, 7) is 6.40. The van der Waals surface area contributed by atoms with Crippen LogP contribution in [-0.4, -0.2) is 59.1 Å². The van der Waals surface area contributed by atoms with E-state index < -0.39 is 10.2 Å². The Morgan fingerprint density at radius 1 is 1.46 bits per heavy atom. The van der Waals surface area contributed by atoms with E-state index >= 15 is 0 Å². The third-order valence-corrected chi connectivity index (χ3v) is 5.85. The van der Waals surface area contributed by atoms with Crippen molar-refractivity contribution in [3.05, 3.63) is 23.3 Å². The first-order valence-electron chi connectivity index (χ1n) is 8.66. The number of carbonyl (C=O) groups is 1. The van der Waals surface area contributed by atoms with Gasteiger partial charge in [0, 0.05) is 19.6 Å². The molecule has 26 heavy (non-hydrogen) atoms. The number of hydrogen-bond donors (Lipinski definition) is 2. The number of ether oxygens (including phenoxy) is 1. The first-order valence-corrected chi connectivity index (χ1v) is 10.2. The van der Waals surface area contributed by atoms with Crippen LogP contribution in [0.2, 0.25) is 0 Å². The summed E-state index contributed by atoms with van der Waals surface area (Å²) >= 11 is 0. The molecule has 9 heteroatoms. The summed E-state index contributed by atoms with van der Waals surface area (Å²) in [5.74, 6) is 0.0965. The molecule has 2 rings (SSSR count). The molecule has 1 amide bonds. The molecule has 0 spiro atoms. The second-order valence-electron chi connectivity index (χ2n) is 6.49. The Bertz CT molecular complexity index is 766. The minimum absolute atomic E-state index is 0.282. The summed E-state index contributed by atoms with van der Waals surface area (Å²) in [6, 6.07) is 3.46. The number of likely N-dealkylation sites (tertiary alicyclic amines) is 1. The zero-order chi connectivity index (χ0) is 19.5. The third kappa shape index (κ3) is 4.46. The normalized spacial score (nSPS) is 18.0. The number of anilines is 1. The zero-order valence-electron chi connectivity index (χ0n) is 15.8. The average molecular weight is 385 g/mol. The van der Waals surface area contributed by atoms with Crippen molar-refractivity contribution in [2.24, 2.45) is 5.14 Å². The Morgan fingerprint density at radius 2 is 2.15 bits per heavy atom. The van der Waals surface area contributed by atoms with Gasteiger partial charge in [0.2, 0.25) is 0 Å². The van der Waals surface area contributed by atoms with Crippen molar-refractivity contribution < 1.29 is 17.9 Å². The molecule has 0 radical (unpaired) electrons. The van der Waals surface area contributed by atoms with Crippen LogP contribution in [0.25, 0.3) is 0 Å². The predicted octanol–water partition coefficient (Wildman–Crippen LogP) is 0.857. The highest BCUT2D eigenvalue weighted by atomic mass is 32.2. The fourth-order valence-electron chi connectivity index (χ4n) is 3.34. The molecule has 1 saturated heterocycles. The van der Waals surface area contributed by atoms with Crippen molar-refractivity contribution in [1.82, 2.24) is 10.2 Å². The molecule has 0 aromatic heterocycles.